The fourth-order valence-electron chi connectivity index (χ4n) is 1.84. The summed E-state index contributed by atoms with van der Waals surface area (Å²) in [5.74, 6) is -0.0477. The summed E-state index contributed by atoms with van der Waals surface area (Å²) in [7, 11) is -2.08. The van der Waals surface area contributed by atoms with E-state index in [0.29, 0.717) is 5.56 Å². The van der Waals surface area contributed by atoms with E-state index in [0.717, 1.165) is 5.69 Å². The van der Waals surface area contributed by atoms with Gasteiger partial charge in [0.2, 0.25) is 5.91 Å². The van der Waals surface area contributed by atoms with E-state index in [1.807, 2.05) is 0 Å². The van der Waals surface area contributed by atoms with Crippen LogP contribution in [-0.4, -0.2) is 27.0 Å². The van der Waals surface area contributed by atoms with Crippen LogP contribution in [0.1, 0.15) is 26.3 Å². The molecular weight excluding hydrogens is 280 g/mol. The molecule has 1 aromatic carbocycles. The van der Waals surface area contributed by atoms with Crippen molar-refractivity contribution < 1.29 is 18.0 Å². The topological polar surface area (TPSA) is 75.7 Å². The molecule has 1 aliphatic heterocycles. The van der Waals surface area contributed by atoms with Gasteiger partial charge >= 0.3 is 0 Å². The number of nitrogens with zero attached hydrogens (tertiary/aromatic N) is 1. The Morgan fingerprint density at radius 3 is 2.55 bits per heavy atom. The normalized spacial score (nSPS) is 15.6. The van der Waals surface area contributed by atoms with Gasteiger partial charge in [-0.3, -0.25) is 9.63 Å². The van der Waals surface area contributed by atoms with Crippen LogP contribution in [0.3, 0.4) is 0 Å². The number of rotatable bonds is 3. The Morgan fingerprint density at radius 1 is 1.30 bits per heavy atom. The van der Waals surface area contributed by atoms with Crippen molar-refractivity contribution in [3.05, 3.63) is 23.8 Å². The van der Waals surface area contributed by atoms with Gasteiger partial charge in [-0.15, -0.1) is 0 Å². The molecule has 2 rings (SSSR count). The monoisotopic (exact) mass is 298 g/mol. The van der Waals surface area contributed by atoms with E-state index in [9.17, 15) is 13.2 Å². The fraction of sp³-hybridized carbons (Fsp3) is 0.462. The number of hydrogen-bond acceptors (Lipinski definition) is 4. The first-order valence-electron chi connectivity index (χ1n) is 6.19. The lowest BCUT2D eigenvalue weighted by Crippen LogP contribution is -2.33. The van der Waals surface area contributed by atoms with Gasteiger partial charge in [-0.2, -0.15) is 0 Å². The summed E-state index contributed by atoms with van der Waals surface area (Å²) >= 11 is 0. The van der Waals surface area contributed by atoms with E-state index < -0.39 is 15.6 Å². The third-order valence-electron chi connectivity index (χ3n) is 2.90. The van der Waals surface area contributed by atoms with E-state index in [1.165, 1.54) is 17.0 Å². The maximum atomic E-state index is 12.1. The SMILES string of the molecule is CN1C(=O)Cc2cc(S(=O)(=O)NOC(C)(C)C)ccc21. The summed E-state index contributed by atoms with van der Waals surface area (Å²) in [4.78, 5) is 20.4. The van der Waals surface area contributed by atoms with Crippen LogP contribution >= 0.6 is 0 Å². The highest BCUT2D eigenvalue weighted by Crippen LogP contribution is 2.29. The predicted molar refractivity (Wildman–Crippen MR) is 74.7 cm³/mol. The Morgan fingerprint density at radius 2 is 1.95 bits per heavy atom. The van der Waals surface area contributed by atoms with Crippen LogP contribution in [0.15, 0.2) is 23.1 Å². The molecule has 1 amide bonds. The van der Waals surface area contributed by atoms with Gasteiger partial charge in [0.15, 0.2) is 0 Å². The molecule has 110 valence electrons. The number of anilines is 1. The Kier molecular flexibility index (Phi) is 3.62. The van der Waals surface area contributed by atoms with Gasteiger partial charge in [0.05, 0.1) is 16.9 Å². The van der Waals surface area contributed by atoms with Gasteiger partial charge < -0.3 is 4.90 Å². The number of sulfonamides is 1. The molecule has 0 radical (unpaired) electrons. The third-order valence-corrected chi connectivity index (χ3v) is 4.07. The fourth-order valence-corrected chi connectivity index (χ4v) is 2.84. The van der Waals surface area contributed by atoms with Crippen LogP contribution in [0.4, 0.5) is 5.69 Å². The smallest absolute Gasteiger partial charge is 0.262 e. The number of fused-ring (bicyclic) bond motifs is 1. The van der Waals surface area contributed by atoms with E-state index >= 15 is 0 Å². The number of nitrogens with one attached hydrogen (secondary N) is 1. The van der Waals surface area contributed by atoms with Gasteiger partial charge in [0.25, 0.3) is 10.0 Å². The number of likely N-dealkylation sites (N-methyl/N-ethyl adjacent to an activating group) is 1. The van der Waals surface area contributed by atoms with Crippen molar-refractivity contribution in [3.63, 3.8) is 0 Å². The largest absolute Gasteiger partial charge is 0.315 e. The Labute approximate surface area is 118 Å². The lowest BCUT2D eigenvalue weighted by Gasteiger charge is -2.19. The third kappa shape index (κ3) is 3.00. The van der Waals surface area contributed by atoms with Crippen LogP contribution < -0.4 is 9.79 Å². The van der Waals surface area contributed by atoms with Crippen LogP contribution in [0.2, 0.25) is 0 Å². The van der Waals surface area contributed by atoms with Crippen molar-refractivity contribution >= 4 is 21.6 Å². The quantitative estimate of drug-likeness (QED) is 0.851. The Bertz CT molecular complexity index is 647. The first-order chi connectivity index (χ1) is 9.10. The first kappa shape index (κ1) is 15.0. The standard InChI is InChI=1S/C13H18N2O4S/c1-13(2,3)19-14-20(17,18)10-5-6-11-9(7-10)8-12(16)15(11)4/h5-7,14H,8H2,1-4H3. The summed E-state index contributed by atoms with van der Waals surface area (Å²) in [6.45, 7) is 5.23. The molecule has 0 fully saturated rings. The van der Waals surface area contributed by atoms with Crippen molar-refractivity contribution in [1.82, 2.24) is 4.89 Å². The molecule has 7 heteroatoms. The molecule has 0 aliphatic carbocycles. The maximum absolute atomic E-state index is 12.1. The number of hydrogen-bond donors (Lipinski definition) is 1. The average molecular weight is 298 g/mol. The lowest BCUT2D eigenvalue weighted by molar-refractivity contribution is -0.117. The van der Waals surface area contributed by atoms with Gasteiger partial charge in [0.1, 0.15) is 0 Å². The minimum absolute atomic E-state index is 0.0477. The minimum atomic E-state index is -3.75. The molecule has 0 saturated carbocycles. The highest BCUT2D eigenvalue weighted by molar-refractivity contribution is 7.89. The highest BCUT2D eigenvalue weighted by atomic mass is 32.2. The molecule has 0 unspecified atom stereocenters. The molecule has 20 heavy (non-hydrogen) atoms. The summed E-state index contributed by atoms with van der Waals surface area (Å²) in [6, 6.07) is 4.60. The number of benzene rings is 1. The Hall–Kier alpha value is -1.44. The molecule has 0 atom stereocenters. The van der Waals surface area contributed by atoms with E-state index in [2.05, 4.69) is 4.89 Å². The van der Waals surface area contributed by atoms with Crippen molar-refractivity contribution in [2.24, 2.45) is 0 Å². The van der Waals surface area contributed by atoms with Crippen molar-refractivity contribution in [2.45, 2.75) is 37.7 Å². The molecule has 0 bridgehead atoms. The molecule has 1 N–H and O–H groups in total. The Balaban J connectivity index is 2.27. The van der Waals surface area contributed by atoms with Crippen LogP contribution in [0.5, 0.6) is 0 Å². The van der Waals surface area contributed by atoms with Gasteiger partial charge in [-0.25, -0.2) is 8.42 Å². The second-order valence-electron chi connectivity index (χ2n) is 5.72. The summed E-state index contributed by atoms with van der Waals surface area (Å²) < 4.78 is 24.2. The van der Waals surface area contributed by atoms with Gasteiger partial charge in [-0.05, 0) is 44.5 Å². The molecule has 1 heterocycles. The van der Waals surface area contributed by atoms with Crippen molar-refractivity contribution in [3.8, 4) is 0 Å². The van der Waals surface area contributed by atoms with Crippen molar-refractivity contribution in [1.29, 1.82) is 0 Å². The lowest BCUT2D eigenvalue weighted by atomic mass is 10.2. The summed E-state index contributed by atoms with van der Waals surface area (Å²) in [6.07, 6.45) is 0.218. The second-order valence-corrected chi connectivity index (χ2v) is 7.37. The van der Waals surface area contributed by atoms with Crippen LogP contribution in [-0.2, 0) is 26.1 Å². The van der Waals surface area contributed by atoms with Gasteiger partial charge in [0, 0.05) is 12.7 Å². The maximum Gasteiger partial charge on any atom is 0.262 e. The zero-order valence-corrected chi connectivity index (χ0v) is 12.7. The predicted octanol–water partition coefficient (Wildman–Crippen LogP) is 1.21. The van der Waals surface area contributed by atoms with E-state index in [1.54, 1.807) is 33.9 Å². The molecule has 0 aromatic heterocycles. The number of carbonyl (C=O) groups is 1. The average Bonchev–Trinajstić information content (AvgIpc) is 2.62. The molecule has 1 aliphatic rings. The highest BCUT2D eigenvalue weighted by Gasteiger charge is 2.27. The van der Waals surface area contributed by atoms with Crippen molar-refractivity contribution in [2.75, 3.05) is 11.9 Å². The zero-order valence-electron chi connectivity index (χ0n) is 11.9. The molecule has 1 aromatic rings. The van der Waals surface area contributed by atoms with E-state index in [-0.39, 0.29) is 17.2 Å². The van der Waals surface area contributed by atoms with Crippen LogP contribution in [0.25, 0.3) is 0 Å². The van der Waals surface area contributed by atoms with Crippen LogP contribution in [0, 0.1) is 0 Å². The molecule has 0 spiro atoms. The van der Waals surface area contributed by atoms with Gasteiger partial charge in [-0.1, -0.05) is 4.89 Å². The second kappa shape index (κ2) is 4.83. The number of carbonyl (C=O) groups excluding carboxylic acids is 1. The minimum Gasteiger partial charge on any atom is -0.315 e. The zero-order chi connectivity index (χ0) is 15.1. The number of amides is 1. The van der Waals surface area contributed by atoms with E-state index in [4.69, 9.17) is 4.84 Å². The molecule has 0 saturated heterocycles. The first-order valence-corrected chi connectivity index (χ1v) is 7.68. The summed E-state index contributed by atoms with van der Waals surface area (Å²) in [5, 5.41) is 0. The summed E-state index contributed by atoms with van der Waals surface area (Å²) in [5.41, 5.74) is 0.821. The molecule has 6 nitrogen and oxygen atoms in total. The molecular formula is C13H18N2O4S.